The van der Waals surface area contributed by atoms with E-state index in [4.69, 9.17) is 13.9 Å². The summed E-state index contributed by atoms with van der Waals surface area (Å²) in [6.07, 6.45) is 0. The molecule has 2 rings (SSSR count). The van der Waals surface area contributed by atoms with Crippen LogP contribution >= 0.6 is 11.3 Å². The Morgan fingerprint density at radius 3 is 2.46 bits per heavy atom. The van der Waals surface area contributed by atoms with Gasteiger partial charge in [-0.15, -0.1) is 0 Å². The molecule has 0 fully saturated rings. The molecule has 0 aliphatic rings. The van der Waals surface area contributed by atoms with Crippen LogP contribution < -0.4 is 5.32 Å². The van der Waals surface area contributed by atoms with Gasteiger partial charge in [-0.1, -0.05) is 0 Å². The van der Waals surface area contributed by atoms with E-state index >= 15 is 0 Å². The van der Waals surface area contributed by atoms with E-state index in [1.165, 1.54) is 25.2 Å². The van der Waals surface area contributed by atoms with Crippen molar-refractivity contribution in [1.29, 1.82) is 0 Å². The van der Waals surface area contributed by atoms with E-state index in [1.807, 2.05) is 0 Å². The van der Waals surface area contributed by atoms with Crippen molar-refractivity contribution in [3.05, 3.63) is 39.3 Å². The van der Waals surface area contributed by atoms with Gasteiger partial charge in [0.25, 0.3) is 5.91 Å². The number of amides is 1. The number of anilines is 1. The van der Waals surface area contributed by atoms with Gasteiger partial charge in [0.15, 0.2) is 12.4 Å². The number of ketones is 1. The molecule has 0 aliphatic carbocycles. The number of Topliss-reactive ketones (excluding diaryl/α,β-unsaturated/α-hetero) is 1. The van der Waals surface area contributed by atoms with Crippen LogP contribution in [-0.4, -0.2) is 36.8 Å². The molecule has 0 spiro atoms. The number of furan rings is 1. The van der Waals surface area contributed by atoms with Gasteiger partial charge >= 0.3 is 11.9 Å². The number of ether oxygens (including phenoxy) is 2. The van der Waals surface area contributed by atoms with Crippen LogP contribution in [0.3, 0.4) is 0 Å². The highest BCUT2D eigenvalue weighted by Crippen LogP contribution is 2.28. The van der Waals surface area contributed by atoms with Gasteiger partial charge in [-0.05, 0) is 32.2 Å². The Hall–Kier alpha value is -2.94. The van der Waals surface area contributed by atoms with Gasteiger partial charge in [-0.25, -0.2) is 9.59 Å². The Morgan fingerprint density at radius 2 is 1.88 bits per heavy atom. The maximum atomic E-state index is 12.1. The normalized spacial score (nSPS) is 10.3. The second-order valence-electron chi connectivity index (χ2n) is 5.15. The average Bonchev–Trinajstić information content (AvgIpc) is 3.20. The molecule has 26 heavy (non-hydrogen) atoms. The van der Waals surface area contributed by atoms with Crippen LogP contribution in [0.4, 0.5) is 5.88 Å². The summed E-state index contributed by atoms with van der Waals surface area (Å²) >= 11 is 1.32. The zero-order chi connectivity index (χ0) is 19.3. The van der Waals surface area contributed by atoms with Gasteiger partial charge < -0.3 is 13.9 Å². The largest absolute Gasteiger partial charge is 0.462 e. The zero-order valence-corrected chi connectivity index (χ0v) is 15.2. The highest BCUT2D eigenvalue weighted by Gasteiger charge is 2.28. The van der Waals surface area contributed by atoms with Crippen LogP contribution in [-0.2, 0) is 14.3 Å². The molecule has 0 saturated carbocycles. The molecular weight excluding hydrogens is 362 g/mol. The van der Waals surface area contributed by atoms with E-state index in [0.717, 1.165) is 0 Å². The molecule has 0 atom stereocenters. The second-order valence-corrected chi connectivity index (χ2v) is 5.93. The van der Waals surface area contributed by atoms with Gasteiger partial charge in [0.1, 0.15) is 11.3 Å². The molecule has 0 radical (unpaired) electrons. The fourth-order valence-electron chi connectivity index (χ4n) is 2.21. The Kier molecular flexibility index (Phi) is 6.29. The molecule has 1 N–H and O–H groups in total. The van der Waals surface area contributed by atoms with E-state index in [-0.39, 0.29) is 29.4 Å². The van der Waals surface area contributed by atoms with Gasteiger partial charge in [-0.3, -0.25) is 14.9 Å². The fourth-order valence-corrected chi connectivity index (χ4v) is 2.84. The van der Waals surface area contributed by atoms with Gasteiger partial charge in [-0.2, -0.15) is 11.3 Å². The van der Waals surface area contributed by atoms with Crippen molar-refractivity contribution in [2.45, 2.75) is 20.8 Å². The van der Waals surface area contributed by atoms with Crippen LogP contribution in [0.15, 0.2) is 21.2 Å². The molecule has 0 unspecified atom stereocenters. The Morgan fingerprint density at radius 1 is 1.15 bits per heavy atom. The molecule has 0 aromatic carbocycles. The lowest BCUT2D eigenvalue weighted by molar-refractivity contribution is -0.119. The third kappa shape index (κ3) is 4.37. The SMILES string of the molecule is CCOC(=O)c1c(NC(=O)COC(=O)c2ccsc2)oc(C)c1C(C)=O. The molecule has 8 nitrogen and oxygen atoms in total. The van der Waals surface area contributed by atoms with Gasteiger partial charge in [0, 0.05) is 5.38 Å². The maximum Gasteiger partial charge on any atom is 0.344 e. The lowest BCUT2D eigenvalue weighted by Gasteiger charge is -2.06. The minimum absolute atomic E-state index is 0.0361. The minimum Gasteiger partial charge on any atom is -0.462 e. The number of nitrogens with one attached hydrogen (secondary N) is 1. The van der Waals surface area contributed by atoms with Crippen molar-refractivity contribution >= 4 is 40.9 Å². The minimum atomic E-state index is -0.792. The summed E-state index contributed by atoms with van der Waals surface area (Å²) in [6, 6.07) is 1.57. The first-order chi connectivity index (χ1) is 12.3. The van der Waals surface area contributed by atoms with Crippen molar-refractivity contribution in [2.24, 2.45) is 0 Å². The molecule has 2 heterocycles. The van der Waals surface area contributed by atoms with Gasteiger partial charge in [0.05, 0.1) is 17.7 Å². The first-order valence-corrected chi connectivity index (χ1v) is 8.60. The second kappa shape index (κ2) is 8.43. The molecule has 0 bridgehead atoms. The number of hydrogen-bond donors (Lipinski definition) is 1. The number of rotatable bonds is 7. The first kappa shape index (κ1) is 19.4. The quantitative estimate of drug-likeness (QED) is 0.581. The number of hydrogen-bond acceptors (Lipinski definition) is 8. The lowest BCUT2D eigenvalue weighted by Crippen LogP contribution is -2.22. The number of carbonyl (C=O) groups is 4. The summed E-state index contributed by atoms with van der Waals surface area (Å²) in [4.78, 5) is 47.7. The maximum absolute atomic E-state index is 12.1. The summed E-state index contributed by atoms with van der Waals surface area (Å²) in [7, 11) is 0. The summed E-state index contributed by atoms with van der Waals surface area (Å²) in [5.74, 6) is -2.61. The van der Waals surface area contributed by atoms with Crippen molar-refractivity contribution in [2.75, 3.05) is 18.5 Å². The summed E-state index contributed by atoms with van der Waals surface area (Å²) < 4.78 is 15.1. The summed E-state index contributed by atoms with van der Waals surface area (Å²) in [5.41, 5.74) is 0.214. The molecule has 1 amide bonds. The van der Waals surface area contributed by atoms with Crippen LogP contribution in [0.25, 0.3) is 0 Å². The van der Waals surface area contributed by atoms with Crippen molar-refractivity contribution in [3.63, 3.8) is 0 Å². The molecule has 0 aliphatic heterocycles. The van der Waals surface area contributed by atoms with E-state index in [9.17, 15) is 19.2 Å². The molecule has 2 aromatic heterocycles. The standard InChI is InChI=1S/C17H17NO7S/c1-4-23-17(22)14-13(9(2)19)10(3)25-15(14)18-12(20)7-24-16(21)11-5-6-26-8-11/h5-6,8H,4,7H2,1-3H3,(H,18,20). The lowest BCUT2D eigenvalue weighted by atomic mass is 10.1. The third-order valence-electron chi connectivity index (χ3n) is 3.26. The van der Waals surface area contributed by atoms with E-state index in [0.29, 0.717) is 5.56 Å². The monoisotopic (exact) mass is 379 g/mol. The number of thiophene rings is 1. The summed E-state index contributed by atoms with van der Waals surface area (Å²) in [6.45, 7) is 3.89. The number of carbonyl (C=O) groups excluding carboxylic acids is 4. The average molecular weight is 379 g/mol. The molecule has 9 heteroatoms. The van der Waals surface area contributed by atoms with Crippen LogP contribution in [0.5, 0.6) is 0 Å². The number of aryl methyl sites for hydroxylation is 1. The van der Waals surface area contributed by atoms with E-state index < -0.39 is 30.2 Å². The van der Waals surface area contributed by atoms with Crippen molar-refractivity contribution < 1.29 is 33.1 Å². The predicted octanol–water partition coefficient (Wildman–Crippen LogP) is 2.82. The van der Waals surface area contributed by atoms with Crippen molar-refractivity contribution in [3.8, 4) is 0 Å². The van der Waals surface area contributed by atoms with Gasteiger partial charge in [0.2, 0.25) is 5.88 Å². The Labute approximate surface area is 153 Å². The topological polar surface area (TPSA) is 112 Å². The Bertz CT molecular complexity index is 836. The first-order valence-electron chi connectivity index (χ1n) is 7.65. The highest BCUT2D eigenvalue weighted by molar-refractivity contribution is 7.08. The van der Waals surface area contributed by atoms with E-state index in [2.05, 4.69) is 5.32 Å². The number of esters is 2. The summed E-state index contributed by atoms with van der Waals surface area (Å²) in [5, 5.41) is 5.63. The molecule has 0 saturated heterocycles. The molecule has 138 valence electrons. The highest BCUT2D eigenvalue weighted by atomic mass is 32.1. The molecular formula is C17H17NO7S. The fraction of sp³-hybridized carbons (Fsp3) is 0.294. The predicted molar refractivity (Wildman–Crippen MR) is 92.6 cm³/mol. The molecule has 2 aromatic rings. The van der Waals surface area contributed by atoms with Crippen LogP contribution in [0, 0.1) is 6.92 Å². The van der Waals surface area contributed by atoms with E-state index in [1.54, 1.807) is 23.8 Å². The Balaban J connectivity index is 2.13. The zero-order valence-electron chi connectivity index (χ0n) is 14.4. The van der Waals surface area contributed by atoms with Crippen LogP contribution in [0.2, 0.25) is 0 Å². The van der Waals surface area contributed by atoms with Crippen molar-refractivity contribution in [1.82, 2.24) is 0 Å². The van der Waals surface area contributed by atoms with Crippen LogP contribution in [0.1, 0.15) is 50.7 Å². The third-order valence-corrected chi connectivity index (χ3v) is 3.94. The smallest absolute Gasteiger partial charge is 0.344 e.